The first-order chi connectivity index (χ1) is 6.15. The van der Waals surface area contributed by atoms with Crippen molar-refractivity contribution in [2.24, 2.45) is 0 Å². The molecule has 0 N–H and O–H groups in total. The summed E-state index contributed by atoms with van der Waals surface area (Å²) >= 11 is 4.84. The predicted molar refractivity (Wildman–Crippen MR) is 59.5 cm³/mol. The zero-order chi connectivity index (χ0) is 9.84. The maximum Gasteiger partial charge on any atom is 0.187 e. The lowest BCUT2D eigenvalue weighted by molar-refractivity contribution is 0.0952. The quantitative estimate of drug-likeness (QED) is 0.777. The van der Waals surface area contributed by atoms with E-state index in [1.54, 1.807) is 0 Å². The summed E-state index contributed by atoms with van der Waals surface area (Å²) in [6.07, 6.45) is 0. The summed E-state index contributed by atoms with van der Waals surface area (Å²) in [6.45, 7) is 3.43. The molecule has 0 aliphatic heterocycles. The molecule has 1 aromatic heterocycles. The average Bonchev–Trinajstić information content (AvgIpc) is 2.51. The Hall–Kier alpha value is -0.190. The molecule has 0 radical (unpaired) electrons. The van der Waals surface area contributed by atoms with Crippen LogP contribution in [0.4, 0.5) is 0 Å². The van der Waals surface area contributed by atoms with Gasteiger partial charge in [0, 0.05) is 4.47 Å². The molecule has 72 valence electrons. The Kier molecular flexibility index (Phi) is 4.09. The van der Waals surface area contributed by atoms with Crippen molar-refractivity contribution in [3.05, 3.63) is 20.8 Å². The van der Waals surface area contributed by atoms with E-state index < -0.39 is 0 Å². The Labute approximate surface area is 90.7 Å². The Morgan fingerprint density at radius 1 is 1.69 bits per heavy atom. The number of Topliss-reactive ketones (excluding diaryl/α,β-unsaturated/α-hetero) is 1. The summed E-state index contributed by atoms with van der Waals surface area (Å²) in [6, 6.07) is 1.91. The van der Waals surface area contributed by atoms with Gasteiger partial charge in [-0.15, -0.1) is 11.3 Å². The number of hydrogen-bond acceptors (Lipinski definition) is 3. The smallest absolute Gasteiger partial charge is 0.187 e. The Morgan fingerprint density at radius 2 is 2.38 bits per heavy atom. The van der Waals surface area contributed by atoms with E-state index in [2.05, 4.69) is 15.9 Å². The zero-order valence-corrected chi connectivity index (χ0v) is 10.1. The molecule has 0 aromatic carbocycles. The monoisotopic (exact) mass is 261 g/mol. The second-order valence-corrected chi connectivity index (χ2v) is 4.62. The first kappa shape index (κ1) is 10.9. The molecule has 1 rings (SSSR count). The van der Waals surface area contributed by atoms with Gasteiger partial charge in [-0.25, -0.2) is 0 Å². The summed E-state index contributed by atoms with van der Waals surface area (Å²) in [7, 11) is 1.94. The first-order valence-corrected chi connectivity index (χ1v) is 5.77. The SMILES string of the molecule is CCN(C)CC(=O)c1sccc1Br. The molecular formula is C9H12BrNOS. The van der Waals surface area contributed by atoms with Gasteiger partial charge < -0.3 is 0 Å². The summed E-state index contributed by atoms with van der Waals surface area (Å²) in [5.74, 6) is 0.186. The van der Waals surface area contributed by atoms with Crippen LogP contribution in [0.2, 0.25) is 0 Å². The summed E-state index contributed by atoms with van der Waals surface area (Å²) < 4.78 is 0.909. The van der Waals surface area contributed by atoms with Gasteiger partial charge in [-0.05, 0) is 41.0 Å². The Balaban J connectivity index is 2.64. The lowest BCUT2D eigenvalue weighted by atomic mass is 10.3. The van der Waals surface area contributed by atoms with E-state index in [1.165, 1.54) is 11.3 Å². The average molecular weight is 262 g/mol. The van der Waals surface area contributed by atoms with Crippen LogP contribution in [0.1, 0.15) is 16.6 Å². The minimum atomic E-state index is 0.186. The molecule has 1 aromatic rings. The molecule has 2 nitrogen and oxygen atoms in total. The number of hydrogen-bond donors (Lipinski definition) is 0. The molecule has 0 saturated heterocycles. The first-order valence-electron chi connectivity index (χ1n) is 4.10. The molecule has 0 aliphatic rings. The van der Waals surface area contributed by atoms with Gasteiger partial charge in [0.1, 0.15) is 0 Å². The summed E-state index contributed by atoms with van der Waals surface area (Å²) in [5.41, 5.74) is 0. The number of carbonyl (C=O) groups is 1. The number of halogens is 1. The highest BCUT2D eigenvalue weighted by molar-refractivity contribution is 9.10. The summed E-state index contributed by atoms with van der Waals surface area (Å²) in [4.78, 5) is 14.4. The molecule has 4 heteroatoms. The van der Waals surface area contributed by atoms with Crippen LogP contribution >= 0.6 is 27.3 Å². The molecule has 1 heterocycles. The normalized spacial score (nSPS) is 10.8. The van der Waals surface area contributed by atoms with Crippen molar-refractivity contribution in [1.29, 1.82) is 0 Å². The molecule has 0 unspecified atom stereocenters. The van der Waals surface area contributed by atoms with Gasteiger partial charge in [-0.1, -0.05) is 6.92 Å². The number of carbonyl (C=O) groups excluding carboxylic acids is 1. The lowest BCUT2D eigenvalue weighted by Gasteiger charge is -2.11. The van der Waals surface area contributed by atoms with E-state index in [1.807, 2.05) is 30.3 Å². The second kappa shape index (κ2) is 4.88. The van der Waals surface area contributed by atoms with E-state index in [9.17, 15) is 4.79 Å². The minimum absolute atomic E-state index is 0.186. The fourth-order valence-corrected chi connectivity index (χ4v) is 2.45. The van der Waals surface area contributed by atoms with Crippen molar-refractivity contribution in [3.8, 4) is 0 Å². The van der Waals surface area contributed by atoms with E-state index in [4.69, 9.17) is 0 Å². The van der Waals surface area contributed by atoms with E-state index in [0.29, 0.717) is 6.54 Å². The van der Waals surface area contributed by atoms with Crippen LogP contribution in [-0.4, -0.2) is 30.8 Å². The highest BCUT2D eigenvalue weighted by atomic mass is 79.9. The molecule has 0 fully saturated rings. The zero-order valence-electron chi connectivity index (χ0n) is 7.71. The largest absolute Gasteiger partial charge is 0.299 e. The van der Waals surface area contributed by atoms with Gasteiger partial charge in [-0.3, -0.25) is 9.69 Å². The van der Waals surface area contributed by atoms with Gasteiger partial charge in [0.25, 0.3) is 0 Å². The van der Waals surface area contributed by atoms with Crippen LogP contribution in [0, 0.1) is 0 Å². The maximum atomic E-state index is 11.6. The Morgan fingerprint density at radius 3 is 2.85 bits per heavy atom. The fourth-order valence-electron chi connectivity index (χ4n) is 0.921. The molecule has 0 atom stereocenters. The maximum absolute atomic E-state index is 11.6. The number of thiophene rings is 1. The molecule has 0 spiro atoms. The molecule has 0 saturated carbocycles. The van der Waals surface area contributed by atoms with E-state index in [0.717, 1.165) is 15.9 Å². The third-order valence-corrected chi connectivity index (χ3v) is 3.70. The lowest BCUT2D eigenvalue weighted by Crippen LogP contribution is -2.25. The molecule has 13 heavy (non-hydrogen) atoms. The molecule has 0 bridgehead atoms. The Bertz CT molecular complexity index is 298. The highest BCUT2D eigenvalue weighted by Crippen LogP contribution is 2.23. The third kappa shape index (κ3) is 2.90. The second-order valence-electron chi connectivity index (χ2n) is 2.85. The standard InChI is InChI=1S/C9H12BrNOS/c1-3-11(2)6-8(12)9-7(10)4-5-13-9/h4-5H,3,6H2,1-2H3. The molecule has 0 aliphatic carbocycles. The number of ketones is 1. The fraction of sp³-hybridized carbons (Fsp3) is 0.444. The number of nitrogens with zero attached hydrogens (tertiary/aromatic N) is 1. The van der Waals surface area contributed by atoms with Crippen LogP contribution < -0.4 is 0 Å². The third-order valence-electron chi connectivity index (χ3n) is 1.82. The van der Waals surface area contributed by atoms with E-state index in [-0.39, 0.29) is 5.78 Å². The minimum Gasteiger partial charge on any atom is -0.299 e. The van der Waals surface area contributed by atoms with Gasteiger partial charge in [0.2, 0.25) is 0 Å². The molecular weight excluding hydrogens is 250 g/mol. The van der Waals surface area contributed by atoms with Crippen molar-refractivity contribution >= 4 is 33.0 Å². The predicted octanol–water partition coefficient (Wildman–Crippen LogP) is 2.65. The van der Waals surface area contributed by atoms with Crippen molar-refractivity contribution < 1.29 is 4.79 Å². The van der Waals surface area contributed by atoms with Crippen molar-refractivity contribution in [3.63, 3.8) is 0 Å². The topological polar surface area (TPSA) is 20.3 Å². The number of likely N-dealkylation sites (N-methyl/N-ethyl adjacent to an activating group) is 1. The van der Waals surface area contributed by atoms with Gasteiger partial charge in [0.05, 0.1) is 11.4 Å². The van der Waals surface area contributed by atoms with Gasteiger partial charge >= 0.3 is 0 Å². The highest BCUT2D eigenvalue weighted by Gasteiger charge is 2.12. The summed E-state index contributed by atoms with van der Waals surface area (Å²) in [5, 5.41) is 1.92. The van der Waals surface area contributed by atoms with Crippen LogP contribution in [0.15, 0.2) is 15.9 Å². The van der Waals surface area contributed by atoms with Crippen LogP contribution in [0.3, 0.4) is 0 Å². The number of rotatable bonds is 4. The van der Waals surface area contributed by atoms with E-state index >= 15 is 0 Å². The van der Waals surface area contributed by atoms with Crippen LogP contribution in [0.5, 0.6) is 0 Å². The molecule has 0 amide bonds. The van der Waals surface area contributed by atoms with Crippen molar-refractivity contribution in [1.82, 2.24) is 4.90 Å². The van der Waals surface area contributed by atoms with Crippen molar-refractivity contribution in [2.45, 2.75) is 6.92 Å². The van der Waals surface area contributed by atoms with Gasteiger partial charge in [0.15, 0.2) is 5.78 Å². The van der Waals surface area contributed by atoms with Crippen LogP contribution in [-0.2, 0) is 0 Å². The van der Waals surface area contributed by atoms with Crippen LogP contribution in [0.25, 0.3) is 0 Å². The van der Waals surface area contributed by atoms with Crippen molar-refractivity contribution in [2.75, 3.05) is 20.1 Å². The van der Waals surface area contributed by atoms with Gasteiger partial charge in [-0.2, -0.15) is 0 Å².